The van der Waals surface area contributed by atoms with E-state index in [4.69, 9.17) is 0 Å². The molecular weight excluding hydrogens is 317 g/mol. The zero-order valence-corrected chi connectivity index (χ0v) is 14.9. The number of aromatic nitrogens is 2. The molecule has 1 atom stereocenters. The maximum absolute atomic E-state index is 13.3. The molecule has 1 aliphatic heterocycles. The predicted molar refractivity (Wildman–Crippen MR) is 95.5 cm³/mol. The van der Waals surface area contributed by atoms with Crippen molar-refractivity contribution in [3.63, 3.8) is 0 Å². The van der Waals surface area contributed by atoms with Gasteiger partial charge in [-0.15, -0.1) is 0 Å². The zero-order chi connectivity index (χ0) is 17.7. The summed E-state index contributed by atoms with van der Waals surface area (Å²) < 4.78 is 15.3. The minimum absolute atomic E-state index is 0.295. The van der Waals surface area contributed by atoms with Gasteiger partial charge in [-0.3, -0.25) is 0 Å². The summed E-state index contributed by atoms with van der Waals surface area (Å²) in [6, 6.07) is 7.99. The predicted octanol–water partition coefficient (Wildman–Crippen LogP) is 3.53. The zero-order valence-electron chi connectivity index (χ0n) is 14.9. The Balaban J connectivity index is 1.76. The normalized spacial score (nSPS) is 19.2. The molecule has 0 fully saturated rings. The molecule has 0 saturated heterocycles. The van der Waals surface area contributed by atoms with Crippen LogP contribution in [0.5, 0.6) is 0 Å². The fourth-order valence-corrected chi connectivity index (χ4v) is 3.53. The number of nitrogens with zero attached hydrogens (tertiary/aromatic N) is 3. The molecule has 2 aromatic rings. The molecule has 1 aliphatic rings. The number of benzene rings is 1. The molecular formula is C20H27FN3O+. The molecule has 134 valence electrons. The molecule has 0 bridgehead atoms. The van der Waals surface area contributed by atoms with Crippen molar-refractivity contribution in [1.82, 2.24) is 4.98 Å². The van der Waals surface area contributed by atoms with Gasteiger partial charge in [-0.1, -0.05) is 44.0 Å². The Bertz CT molecular complexity index is 692. The van der Waals surface area contributed by atoms with Crippen LogP contribution in [0, 0.1) is 5.82 Å². The molecule has 2 heterocycles. The van der Waals surface area contributed by atoms with Crippen molar-refractivity contribution in [2.75, 3.05) is 11.4 Å². The van der Waals surface area contributed by atoms with Gasteiger partial charge in [0.15, 0.2) is 0 Å². The van der Waals surface area contributed by atoms with E-state index in [-0.39, 0.29) is 5.82 Å². The van der Waals surface area contributed by atoms with Crippen molar-refractivity contribution in [2.24, 2.45) is 0 Å². The van der Waals surface area contributed by atoms with E-state index >= 15 is 0 Å². The first-order valence-electron chi connectivity index (χ1n) is 9.25. The topological polar surface area (TPSA) is 40.2 Å². The second-order valence-corrected chi connectivity index (χ2v) is 6.79. The van der Waals surface area contributed by atoms with E-state index in [2.05, 4.69) is 11.9 Å². The van der Waals surface area contributed by atoms with E-state index in [0.29, 0.717) is 12.1 Å². The van der Waals surface area contributed by atoms with Crippen LogP contribution in [-0.2, 0) is 12.3 Å². The minimum Gasteiger partial charge on any atom is -0.353 e. The third kappa shape index (κ3) is 3.82. The van der Waals surface area contributed by atoms with E-state index < -0.39 is 5.72 Å². The van der Waals surface area contributed by atoms with Gasteiger partial charge in [-0.25, -0.2) is 13.9 Å². The summed E-state index contributed by atoms with van der Waals surface area (Å²) in [6.45, 7) is 3.35. The summed E-state index contributed by atoms with van der Waals surface area (Å²) in [6.07, 6.45) is 10.8. The Hall–Kier alpha value is -2.01. The maximum Gasteiger partial charge on any atom is 0.396 e. The Morgan fingerprint density at radius 3 is 2.64 bits per heavy atom. The largest absolute Gasteiger partial charge is 0.396 e. The highest BCUT2D eigenvalue weighted by Gasteiger charge is 2.51. The van der Waals surface area contributed by atoms with Gasteiger partial charge in [0, 0.05) is 11.6 Å². The van der Waals surface area contributed by atoms with Crippen LogP contribution in [0.2, 0.25) is 0 Å². The van der Waals surface area contributed by atoms with Crippen molar-refractivity contribution in [2.45, 2.75) is 57.7 Å². The molecule has 0 aliphatic carbocycles. The molecule has 0 saturated carbocycles. The Morgan fingerprint density at radius 2 is 1.88 bits per heavy atom. The number of fused-ring (bicyclic) bond motifs is 1. The molecule has 3 rings (SSSR count). The van der Waals surface area contributed by atoms with Crippen molar-refractivity contribution >= 4 is 5.95 Å². The van der Waals surface area contributed by atoms with Gasteiger partial charge < -0.3 is 5.11 Å². The van der Waals surface area contributed by atoms with E-state index in [1.807, 2.05) is 21.7 Å². The van der Waals surface area contributed by atoms with Crippen LogP contribution in [-0.4, -0.2) is 16.6 Å². The number of halogens is 1. The lowest BCUT2D eigenvalue weighted by Crippen LogP contribution is -2.46. The van der Waals surface area contributed by atoms with E-state index in [1.165, 1.54) is 37.8 Å². The Morgan fingerprint density at radius 1 is 1.16 bits per heavy atom. The molecule has 1 unspecified atom stereocenters. The summed E-state index contributed by atoms with van der Waals surface area (Å²) in [5.74, 6) is 0.471. The average Bonchev–Trinajstić information content (AvgIpc) is 2.91. The lowest BCUT2D eigenvalue weighted by atomic mass is 10.0. The monoisotopic (exact) mass is 344 g/mol. The fraction of sp³-hybridized carbons (Fsp3) is 0.500. The van der Waals surface area contributed by atoms with Crippen LogP contribution in [0.1, 0.15) is 51.0 Å². The van der Waals surface area contributed by atoms with E-state index in [1.54, 1.807) is 18.3 Å². The first-order chi connectivity index (χ1) is 12.1. The van der Waals surface area contributed by atoms with Gasteiger partial charge >= 0.3 is 5.95 Å². The molecule has 5 heteroatoms. The van der Waals surface area contributed by atoms with Crippen LogP contribution in [0.3, 0.4) is 0 Å². The van der Waals surface area contributed by atoms with Gasteiger partial charge in [-0.05, 0) is 30.7 Å². The minimum atomic E-state index is -1.18. The summed E-state index contributed by atoms with van der Waals surface area (Å²) in [4.78, 5) is 6.42. The number of unbranched alkanes of at least 4 members (excludes halogenated alkanes) is 5. The van der Waals surface area contributed by atoms with E-state index in [0.717, 1.165) is 25.3 Å². The van der Waals surface area contributed by atoms with Gasteiger partial charge in [0.1, 0.15) is 18.6 Å². The van der Waals surface area contributed by atoms with Crippen molar-refractivity contribution in [3.05, 3.63) is 54.1 Å². The first-order valence-corrected chi connectivity index (χ1v) is 9.25. The molecule has 1 N–H and O–H groups in total. The SMILES string of the molecule is CCCCCCCCN1c2nccc[n+]2CC1(O)c1ccc(F)cc1. The second-order valence-electron chi connectivity index (χ2n) is 6.79. The van der Waals surface area contributed by atoms with E-state index in [9.17, 15) is 9.50 Å². The third-order valence-electron chi connectivity index (χ3n) is 4.92. The second kappa shape index (κ2) is 7.91. The lowest BCUT2D eigenvalue weighted by molar-refractivity contribution is -0.685. The Kier molecular flexibility index (Phi) is 5.63. The standard InChI is InChI=1S/C20H27FN3O/c1-2-3-4-5-6-7-15-24-19-22-13-8-14-23(19)16-20(24,25)17-9-11-18(21)12-10-17/h8-14,25H,2-7,15-16H2,1H3/q+1. The summed E-state index contributed by atoms with van der Waals surface area (Å²) in [5.41, 5.74) is -0.483. The number of hydrogen-bond donors (Lipinski definition) is 1. The molecule has 0 radical (unpaired) electrons. The number of aliphatic hydroxyl groups is 1. The quantitative estimate of drug-likeness (QED) is 0.588. The van der Waals surface area contributed by atoms with Crippen molar-refractivity contribution in [3.8, 4) is 0 Å². The fourth-order valence-electron chi connectivity index (χ4n) is 3.53. The maximum atomic E-state index is 13.3. The average molecular weight is 344 g/mol. The smallest absolute Gasteiger partial charge is 0.353 e. The van der Waals surface area contributed by atoms with Crippen LogP contribution >= 0.6 is 0 Å². The number of anilines is 1. The highest BCUT2D eigenvalue weighted by molar-refractivity contribution is 5.38. The summed E-state index contributed by atoms with van der Waals surface area (Å²) in [5, 5.41) is 11.4. The summed E-state index contributed by atoms with van der Waals surface area (Å²) >= 11 is 0. The van der Waals surface area contributed by atoms with Gasteiger partial charge in [0.05, 0.1) is 12.7 Å². The van der Waals surface area contributed by atoms with Crippen molar-refractivity contribution < 1.29 is 14.1 Å². The molecule has 25 heavy (non-hydrogen) atoms. The van der Waals surface area contributed by atoms with Crippen LogP contribution in [0.15, 0.2) is 42.7 Å². The molecule has 0 spiro atoms. The molecule has 4 nitrogen and oxygen atoms in total. The molecule has 0 amide bonds. The van der Waals surface area contributed by atoms with Gasteiger partial charge in [0.25, 0.3) is 0 Å². The van der Waals surface area contributed by atoms with Gasteiger partial charge in [0.2, 0.25) is 5.72 Å². The Labute approximate surface area is 149 Å². The van der Waals surface area contributed by atoms with Crippen molar-refractivity contribution in [1.29, 1.82) is 0 Å². The molecule has 1 aromatic carbocycles. The third-order valence-corrected chi connectivity index (χ3v) is 4.92. The van der Waals surface area contributed by atoms with Gasteiger partial charge in [-0.2, -0.15) is 0 Å². The van der Waals surface area contributed by atoms with Crippen LogP contribution in [0.4, 0.5) is 10.3 Å². The lowest BCUT2D eigenvalue weighted by Gasteiger charge is -2.28. The number of hydrogen-bond acceptors (Lipinski definition) is 3. The highest BCUT2D eigenvalue weighted by Crippen LogP contribution is 2.34. The molecule has 1 aromatic heterocycles. The summed E-state index contributed by atoms with van der Waals surface area (Å²) in [7, 11) is 0. The first kappa shape index (κ1) is 17.8. The van der Waals surface area contributed by atoms with Crippen LogP contribution in [0.25, 0.3) is 0 Å². The highest BCUT2D eigenvalue weighted by atomic mass is 19.1. The van der Waals surface area contributed by atoms with Crippen LogP contribution < -0.4 is 9.47 Å². The number of rotatable bonds is 8.